The lowest BCUT2D eigenvalue weighted by Gasteiger charge is -2.41. The van der Waals surface area contributed by atoms with E-state index in [0.29, 0.717) is 29.3 Å². The van der Waals surface area contributed by atoms with Crippen molar-refractivity contribution >= 4 is 27.5 Å². The Morgan fingerprint density at radius 2 is 1.11 bits per heavy atom. The van der Waals surface area contributed by atoms with Crippen molar-refractivity contribution in [3.8, 4) is 56.4 Å². The van der Waals surface area contributed by atoms with Gasteiger partial charge >= 0.3 is 0 Å². The monoisotopic (exact) mass is 825 g/mol. The average Bonchev–Trinajstić information content (AvgIpc) is 3.94. The van der Waals surface area contributed by atoms with E-state index in [1.165, 1.54) is 71.1 Å². The number of fused-ring (bicyclic) bond motifs is 11. The molecule has 2 atom stereocenters. The lowest BCUT2D eigenvalue weighted by molar-refractivity contribution is 0.233. The normalized spacial score (nSPS) is 18.9. The van der Waals surface area contributed by atoms with Gasteiger partial charge < -0.3 is 4.42 Å². The smallest absolute Gasteiger partial charge is 0.167 e. The summed E-state index contributed by atoms with van der Waals surface area (Å²) in [6.07, 6.45) is 12.0. The summed E-state index contributed by atoms with van der Waals surface area (Å²) >= 11 is 0. The quantitative estimate of drug-likeness (QED) is 0.173. The summed E-state index contributed by atoms with van der Waals surface area (Å²) in [5.41, 5.74) is 18.1. The molecule has 0 radical (unpaired) electrons. The molecule has 4 aliphatic rings. The highest BCUT2D eigenvalue weighted by molar-refractivity contribution is 6.10. The maximum absolute atomic E-state index is 6.75. The van der Waals surface area contributed by atoms with E-state index in [2.05, 4.69) is 153 Å². The Morgan fingerprint density at radius 3 is 1.89 bits per heavy atom. The van der Waals surface area contributed by atoms with Gasteiger partial charge in [-0.3, -0.25) is 0 Å². The maximum atomic E-state index is 6.75. The third-order valence-electron chi connectivity index (χ3n) is 15.3. The third-order valence-corrected chi connectivity index (χ3v) is 15.3. The van der Waals surface area contributed by atoms with E-state index in [0.717, 1.165) is 44.2 Å². The Kier molecular flexibility index (Phi) is 8.28. The van der Waals surface area contributed by atoms with Crippen molar-refractivity contribution in [3.05, 3.63) is 204 Å². The van der Waals surface area contributed by atoms with Gasteiger partial charge in [0.05, 0.1) is 5.56 Å². The van der Waals surface area contributed by atoms with Crippen molar-refractivity contribution in [2.24, 2.45) is 5.92 Å². The van der Waals surface area contributed by atoms with Gasteiger partial charge in [-0.1, -0.05) is 185 Å². The average molecular weight is 826 g/mol. The van der Waals surface area contributed by atoms with Gasteiger partial charge in [0, 0.05) is 38.6 Å². The summed E-state index contributed by atoms with van der Waals surface area (Å²) in [5, 5.41) is 2.11. The van der Waals surface area contributed by atoms with Gasteiger partial charge in [-0.25, -0.2) is 15.0 Å². The minimum atomic E-state index is -0.104. The van der Waals surface area contributed by atoms with Gasteiger partial charge in [-0.2, -0.15) is 0 Å². The van der Waals surface area contributed by atoms with Crippen molar-refractivity contribution in [1.82, 2.24) is 15.0 Å². The highest BCUT2D eigenvalue weighted by atomic mass is 16.3. The summed E-state index contributed by atoms with van der Waals surface area (Å²) in [7, 11) is 0. The summed E-state index contributed by atoms with van der Waals surface area (Å²) in [6, 6.07) is 58.6. The van der Waals surface area contributed by atoms with Crippen LogP contribution in [0, 0.1) is 5.92 Å². The zero-order chi connectivity index (χ0) is 42.6. The second-order valence-corrected chi connectivity index (χ2v) is 19.0. The van der Waals surface area contributed by atoms with E-state index in [1.807, 2.05) is 36.4 Å². The fourth-order valence-electron chi connectivity index (χ4n) is 12.1. The zero-order valence-corrected chi connectivity index (χ0v) is 36.2. The molecule has 2 aromatic heterocycles. The summed E-state index contributed by atoms with van der Waals surface area (Å²) in [5.74, 6) is 2.78. The number of rotatable bonds is 5. The Labute approximate surface area is 374 Å². The molecule has 308 valence electrons. The lowest BCUT2D eigenvalue weighted by Crippen LogP contribution is -2.35. The van der Waals surface area contributed by atoms with Gasteiger partial charge in [0.15, 0.2) is 17.5 Å². The zero-order valence-electron chi connectivity index (χ0n) is 36.2. The van der Waals surface area contributed by atoms with E-state index >= 15 is 0 Å². The number of aromatic nitrogens is 3. The standard InChI is InChI=1S/C60H47N3O/c1-59(2)51-34-42(27-29-44(51)47-36-53-48(35-52(47)59)43-19-10-11-22-50(43)60(53)31-12-5-13-32-60)41-28-30-54-49(33-41)45-20-14-21-46(55(45)64-54)58-62-56(39-17-8-4-9-18-39)61-57(63-58)40-25-23-38(24-26-40)37-15-6-3-7-16-37/h3-4,6-11,14-30,33-36,48,53H,5,12-13,31-32H2,1-2H3. The molecule has 1 fully saturated rings. The number of benzene rings is 7. The van der Waals surface area contributed by atoms with E-state index < -0.39 is 0 Å². The molecule has 0 N–H and O–H groups in total. The Bertz CT molecular complexity index is 3390. The number of allylic oxidation sites excluding steroid dienone is 4. The molecule has 4 heteroatoms. The number of para-hydroxylation sites is 1. The third kappa shape index (κ3) is 5.64. The van der Waals surface area contributed by atoms with Crippen LogP contribution in [-0.2, 0) is 10.8 Å². The molecule has 0 saturated heterocycles. The van der Waals surface area contributed by atoms with E-state index in [9.17, 15) is 0 Å². The number of hydrogen-bond donors (Lipinski definition) is 0. The molecule has 0 amide bonds. The molecular formula is C60H47N3O. The second-order valence-electron chi connectivity index (χ2n) is 19.0. The van der Waals surface area contributed by atoms with Crippen LogP contribution < -0.4 is 0 Å². The van der Waals surface area contributed by atoms with Crippen molar-refractivity contribution in [1.29, 1.82) is 0 Å². The van der Waals surface area contributed by atoms with Crippen LogP contribution in [-0.4, -0.2) is 15.0 Å². The number of nitrogens with zero attached hydrogens (tertiary/aromatic N) is 3. The molecule has 1 saturated carbocycles. The summed E-state index contributed by atoms with van der Waals surface area (Å²) < 4.78 is 6.75. The van der Waals surface area contributed by atoms with Crippen LogP contribution in [0.1, 0.15) is 74.1 Å². The van der Waals surface area contributed by atoms with Crippen LogP contribution in [0.3, 0.4) is 0 Å². The first-order chi connectivity index (χ1) is 31.4. The first-order valence-corrected chi connectivity index (χ1v) is 23.1. The van der Waals surface area contributed by atoms with Crippen molar-refractivity contribution in [3.63, 3.8) is 0 Å². The van der Waals surface area contributed by atoms with Gasteiger partial charge in [0.1, 0.15) is 11.2 Å². The molecule has 0 aliphatic heterocycles. The van der Waals surface area contributed by atoms with Crippen LogP contribution in [0.15, 0.2) is 186 Å². The van der Waals surface area contributed by atoms with E-state index in [-0.39, 0.29) is 10.8 Å². The molecule has 2 heterocycles. The molecule has 9 aromatic rings. The van der Waals surface area contributed by atoms with Gasteiger partial charge in [0.2, 0.25) is 0 Å². The topological polar surface area (TPSA) is 51.8 Å². The predicted molar refractivity (Wildman–Crippen MR) is 261 cm³/mol. The second kappa shape index (κ2) is 14.2. The molecule has 4 aliphatic carbocycles. The molecule has 1 spiro atoms. The van der Waals surface area contributed by atoms with E-state index in [1.54, 1.807) is 11.1 Å². The van der Waals surface area contributed by atoms with Crippen molar-refractivity contribution < 1.29 is 4.42 Å². The van der Waals surface area contributed by atoms with Crippen molar-refractivity contribution in [2.45, 2.75) is 62.7 Å². The first kappa shape index (κ1) is 37.4. The van der Waals surface area contributed by atoms with Crippen molar-refractivity contribution in [2.75, 3.05) is 0 Å². The molecule has 2 unspecified atom stereocenters. The largest absolute Gasteiger partial charge is 0.455 e. The minimum absolute atomic E-state index is 0.104. The van der Waals surface area contributed by atoms with Crippen LogP contribution >= 0.6 is 0 Å². The molecule has 64 heavy (non-hydrogen) atoms. The SMILES string of the molecule is CC1(C)C2=CC3c4ccccc4C4(CCCCC4)C3C=C2c2ccc(-c3ccc4oc5c(-c6nc(-c7ccccc7)nc(-c7ccc(-c8ccccc8)cc7)n6)cccc5c4c3)cc21. The summed E-state index contributed by atoms with van der Waals surface area (Å²) in [4.78, 5) is 15.2. The molecule has 13 rings (SSSR count). The van der Waals surface area contributed by atoms with Crippen LogP contribution in [0.25, 0.3) is 83.9 Å². The van der Waals surface area contributed by atoms with Crippen LogP contribution in [0.4, 0.5) is 0 Å². The van der Waals surface area contributed by atoms with E-state index in [4.69, 9.17) is 19.4 Å². The highest BCUT2D eigenvalue weighted by Gasteiger charge is 2.53. The molecular weight excluding hydrogens is 779 g/mol. The lowest BCUT2D eigenvalue weighted by atomic mass is 9.62. The van der Waals surface area contributed by atoms with Gasteiger partial charge in [-0.15, -0.1) is 0 Å². The minimum Gasteiger partial charge on any atom is -0.455 e. The van der Waals surface area contributed by atoms with Crippen LogP contribution in [0.2, 0.25) is 0 Å². The molecule has 0 bridgehead atoms. The fourth-order valence-corrected chi connectivity index (χ4v) is 12.1. The van der Waals surface area contributed by atoms with Crippen LogP contribution in [0.5, 0.6) is 0 Å². The highest BCUT2D eigenvalue weighted by Crippen LogP contribution is 2.64. The fraction of sp³-hybridized carbons (Fsp3) is 0.183. The first-order valence-electron chi connectivity index (χ1n) is 23.1. The Hall–Kier alpha value is -7.17. The molecule has 7 aromatic carbocycles. The van der Waals surface area contributed by atoms with Gasteiger partial charge in [-0.05, 0) is 98.7 Å². The maximum Gasteiger partial charge on any atom is 0.167 e. The Morgan fingerprint density at radius 1 is 0.484 bits per heavy atom. The van der Waals surface area contributed by atoms with Gasteiger partial charge in [0.25, 0.3) is 0 Å². The number of furan rings is 1. The predicted octanol–water partition coefficient (Wildman–Crippen LogP) is 15.3. The Balaban J connectivity index is 0.884. The number of hydrogen-bond acceptors (Lipinski definition) is 4. The summed E-state index contributed by atoms with van der Waals surface area (Å²) in [6.45, 7) is 4.87. The molecule has 4 nitrogen and oxygen atoms in total.